The minimum Gasteiger partial charge on any atom is -0.381 e. The first-order chi connectivity index (χ1) is 14.3. The molecule has 0 amide bonds. The topological polar surface area (TPSA) is 72.7 Å². The SMILES string of the molecule is CN=C(NCCCOCC1CCOCC1)NCCc1cnn(-c2ccccc2)c1.I. The summed E-state index contributed by atoms with van der Waals surface area (Å²) in [6, 6.07) is 10.1. The lowest BCUT2D eigenvalue weighted by Gasteiger charge is -2.21. The van der Waals surface area contributed by atoms with E-state index in [2.05, 4.69) is 26.9 Å². The van der Waals surface area contributed by atoms with Gasteiger partial charge in [0.1, 0.15) is 0 Å². The number of ether oxygens (including phenoxy) is 2. The molecular formula is C22H34IN5O2. The summed E-state index contributed by atoms with van der Waals surface area (Å²) in [5.74, 6) is 1.49. The maximum Gasteiger partial charge on any atom is 0.190 e. The van der Waals surface area contributed by atoms with Gasteiger partial charge in [0.15, 0.2) is 5.96 Å². The summed E-state index contributed by atoms with van der Waals surface area (Å²) in [5.41, 5.74) is 2.27. The van der Waals surface area contributed by atoms with Crippen molar-refractivity contribution >= 4 is 29.9 Å². The second-order valence-corrected chi connectivity index (χ2v) is 7.29. The number of nitrogens with one attached hydrogen (secondary N) is 2. The van der Waals surface area contributed by atoms with Crippen molar-refractivity contribution in [2.24, 2.45) is 10.9 Å². The fourth-order valence-corrected chi connectivity index (χ4v) is 3.30. The van der Waals surface area contributed by atoms with Crippen LogP contribution in [0.2, 0.25) is 0 Å². The summed E-state index contributed by atoms with van der Waals surface area (Å²) in [6.07, 6.45) is 8.09. The highest BCUT2D eigenvalue weighted by Crippen LogP contribution is 2.14. The summed E-state index contributed by atoms with van der Waals surface area (Å²) in [4.78, 5) is 4.28. The zero-order valence-electron chi connectivity index (χ0n) is 17.8. The highest BCUT2D eigenvalue weighted by molar-refractivity contribution is 14.0. The van der Waals surface area contributed by atoms with E-state index >= 15 is 0 Å². The molecule has 1 saturated heterocycles. The fraction of sp³-hybridized carbons (Fsp3) is 0.545. The third kappa shape index (κ3) is 8.61. The summed E-state index contributed by atoms with van der Waals surface area (Å²) >= 11 is 0. The van der Waals surface area contributed by atoms with Crippen molar-refractivity contribution in [2.75, 3.05) is 46.6 Å². The van der Waals surface area contributed by atoms with Crippen LogP contribution in [-0.4, -0.2) is 62.3 Å². The zero-order valence-corrected chi connectivity index (χ0v) is 20.1. The van der Waals surface area contributed by atoms with Crippen LogP contribution in [0.3, 0.4) is 0 Å². The third-order valence-corrected chi connectivity index (χ3v) is 5.04. The standard InChI is InChI=1S/C22H33N5O2.HI/c1-23-22(24-11-5-13-29-18-19-9-14-28-15-10-19)25-12-8-20-16-26-27(17-20)21-6-3-2-4-7-21;/h2-4,6-7,16-17,19H,5,8-15,18H2,1H3,(H2,23,24,25);1H. The molecule has 0 spiro atoms. The summed E-state index contributed by atoms with van der Waals surface area (Å²) in [7, 11) is 1.80. The maximum absolute atomic E-state index is 5.80. The van der Waals surface area contributed by atoms with E-state index in [9.17, 15) is 0 Å². The van der Waals surface area contributed by atoms with Gasteiger partial charge in [0.25, 0.3) is 0 Å². The van der Waals surface area contributed by atoms with Gasteiger partial charge in [0.2, 0.25) is 0 Å². The summed E-state index contributed by atoms with van der Waals surface area (Å²) < 4.78 is 13.1. The Bertz CT molecular complexity index is 732. The van der Waals surface area contributed by atoms with Crippen LogP contribution >= 0.6 is 24.0 Å². The predicted molar refractivity (Wildman–Crippen MR) is 131 cm³/mol. The monoisotopic (exact) mass is 527 g/mol. The third-order valence-electron chi connectivity index (χ3n) is 5.04. The molecular weight excluding hydrogens is 493 g/mol. The van der Waals surface area contributed by atoms with Crippen molar-refractivity contribution in [3.05, 3.63) is 48.3 Å². The normalized spacial score (nSPS) is 14.9. The number of guanidine groups is 1. The van der Waals surface area contributed by atoms with Crippen molar-refractivity contribution in [3.8, 4) is 5.69 Å². The summed E-state index contributed by atoms with van der Waals surface area (Å²) in [5, 5.41) is 11.1. The molecule has 166 valence electrons. The lowest BCUT2D eigenvalue weighted by Crippen LogP contribution is -2.39. The molecule has 1 aliphatic heterocycles. The number of aliphatic imine (C=N–C) groups is 1. The Labute approximate surface area is 196 Å². The average molecular weight is 527 g/mol. The highest BCUT2D eigenvalue weighted by Gasteiger charge is 2.13. The van der Waals surface area contributed by atoms with Crippen molar-refractivity contribution in [1.29, 1.82) is 0 Å². The first-order valence-electron chi connectivity index (χ1n) is 10.5. The molecule has 0 aliphatic carbocycles. The number of aromatic nitrogens is 2. The van der Waals surface area contributed by atoms with Gasteiger partial charge < -0.3 is 20.1 Å². The maximum atomic E-state index is 5.80. The molecule has 1 aliphatic rings. The van der Waals surface area contributed by atoms with E-state index in [-0.39, 0.29) is 24.0 Å². The fourth-order valence-electron chi connectivity index (χ4n) is 3.30. The van der Waals surface area contributed by atoms with Crippen molar-refractivity contribution in [3.63, 3.8) is 0 Å². The average Bonchev–Trinajstić information content (AvgIpc) is 3.25. The molecule has 8 heteroatoms. The Kier molecular flexibility index (Phi) is 11.8. The predicted octanol–water partition coefficient (Wildman–Crippen LogP) is 3.03. The summed E-state index contributed by atoms with van der Waals surface area (Å²) in [6.45, 7) is 5.04. The highest BCUT2D eigenvalue weighted by atomic mass is 127. The number of halogens is 1. The van der Waals surface area contributed by atoms with E-state index in [4.69, 9.17) is 9.47 Å². The van der Waals surface area contributed by atoms with Crippen molar-refractivity contribution in [1.82, 2.24) is 20.4 Å². The van der Waals surface area contributed by atoms with Crippen molar-refractivity contribution in [2.45, 2.75) is 25.7 Å². The Hall–Kier alpha value is -1.65. The van der Waals surface area contributed by atoms with E-state index in [1.807, 2.05) is 41.2 Å². The number of benzene rings is 1. The minimum atomic E-state index is 0. The quantitative estimate of drug-likeness (QED) is 0.215. The molecule has 2 heterocycles. The molecule has 3 rings (SSSR count). The van der Waals surface area contributed by atoms with Gasteiger partial charge in [0, 0.05) is 52.8 Å². The van der Waals surface area contributed by atoms with Crippen molar-refractivity contribution < 1.29 is 9.47 Å². The van der Waals surface area contributed by atoms with Gasteiger partial charge in [-0.15, -0.1) is 24.0 Å². The van der Waals surface area contributed by atoms with Crippen LogP contribution in [0, 0.1) is 5.92 Å². The zero-order chi connectivity index (χ0) is 20.2. The smallest absolute Gasteiger partial charge is 0.190 e. The molecule has 30 heavy (non-hydrogen) atoms. The van der Waals surface area contributed by atoms with Crippen LogP contribution in [0.5, 0.6) is 0 Å². The Balaban J connectivity index is 0.00000320. The number of nitrogens with zero attached hydrogens (tertiary/aromatic N) is 3. The molecule has 2 N–H and O–H groups in total. The van der Waals surface area contributed by atoms with Crippen LogP contribution in [0.4, 0.5) is 0 Å². The van der Waals surface area contributed by atoms with Gasteiger partial charge in [-0.05, 0) is 49.3 Å². The molecule has 2 aromatic rings. The van der Waals surface area contributed by atoms with E-state index in [0.717, 1.165) is 76.8 Å². The van der Waals surface area contributed by atoms with Gasteiger partial charge >= 0.3 is 0 Å². The molecule has 0 atom stereocenters. The van der Waals surface area contributed by atoms with Crippen LogP contribution < -0.4 is 10.6 Å². The molecule has 0 unspecified atom stereocenters. The second-order valence-electron chi connectivity index (χ2n) is 7.29. The molecule has 7 nitrogen and oxygen atoms in total. The molecule has 1 aromatic heterocycles. The van der Waals surface area contributed by atoms with E-state index in [1.54, 1.807) is 7.05 Å². The van der Waals surface area contributed by atoms with Crippen LogP contribution in [-0.2, 0) is 15.9 Å². The largest absolute Gasteiger partial charge is 0.381 e. The molecule has 0 radical (unpaired) electrons. The van der Waals surface area contributed by atoms with Gasteiger partial charge in [0.05, 0.1) is 11.9 Å². The van der Waals surface area contributed by atoms with E-state index < -0.39 is 0 Å². The Morgan fingerprint density at radius 3 is 2.73 bits per heavy atom. The van der Waals surface area contributed by atoms with Crippen LogP contribution in [0.15, 0.2) is 47.7 Å². The lowest BCUT2D eigenvalue weighted by molar-refractivity contribution is 0.0203. The molecule has 0 saturated carbocycles. The van der Waals surface area contributed by atoms with E-state index in [0.29, 0.717) is 5.92 Å². The Morgan fingerprint density at radius 2 is 1.97 bits per heavy atom. The molecule has 1 aromatic carbocycles. The first kappa shape index (κ1) is 24.6. The van der Waals surface area contributed by atoms with Gasteiger partial charge in [-0.2, -0.15) is 5.10 Å². The second kappa shape index (κ2) is 14.4. The van der Waals surface area contributed by atoms with Gasteiger partial charge in [-0.1, -0.05) is 18.2 Å². The number of rotatable bonds is 10. The lowest BCUT2D eigenvalue weighted by atomic mass is 10.0. The van der Waals surface area contributed by atoms with Gasteiger partial charge in [-0.3, -0.25) is 4.99 Å². The first-order valence-corrected chi connectivity index (χ1v) is 10.5. The number of hydrogen-bond donors (Lipinski definition) is 2. The van der Waals surface area contributed by atoms with E-state index in [1.165, 1.54) is 5.56 Å². The number of para-hydroxylation sites is 1. The van der Waals surface area contributed by atoms with Gasteiger partial charge in [-0.25, -0.2) is 4.68 Å². The molecule has 0 bridgehead atoms. The van der Waals surface area contributed by atoms with Crippen LogP contribution in [0.1, 0.15) is 24.8 Å². The minimum absolute atomic E-state index is 0. The Morgan fingerprint density at radius 1 is 1.20 bits per heavy atom. The number of hydrogen-bond acceptors (Lipinski definition) is 4. The molecule has 1 fully saturated rings. The van der Waals surface area contributed by atoms with Crippen LogP contribution in [0.25, 0.3) is 5.69 Å².